The predicted molar refractivity (Wildman–Crippen MR) is 82.5 cm³/mol. The van der Waals surface area contributed by atoms with E-state index in [9.17, 15) is 0 Å². The molecule has 8 heteroatoms. The number of nitrogens with one attached hydrogen (secondary N) is 1. The standard InChI is InChI=1S/C13H15N7S/c1-8-6-10(21-9(8)2)7-15-12-17-11(14)18-13(19-12)20-5-3-4-16-20/h3-6H,7H2,1-2H3,(H3,14,15,17,18,19). The van der Waals surface area contributed by atoms with Crippen molar-refractivity contribution >= 4 is 23.2 Å². The molecule has 3 aromatic heterocycles. The van der Waals surface area contributed by atoms with E-state index >= 15 is 0 Å². The highest BCUT2D eigenvalue weighted by molar-refractivity contribution is 7.12. The number of nitrogens with two attached hydrogens (primary N) is 1. The Kier molecular flexibility index (Phi) is 3.53. The highest BCUT2D eigenvalue weighted by Crippen LogP contribution is 2.21. The van der Waals surface area contributed by atoms with Gasteiger partial charge in [-0.1, -0.05) is 0 Å². The molecule has 0 saturated heterocycles. The van der Waals surface area contributed by atoms with Crippen molar-refractivity contribution in [2.75, 3.05) is 11.1 Å². The lowest BCUT2D eigenvalue weighted by molar-refractivity contribution is 0.799. The zero-order valence-corrected chi connectivity index (χ0v) is 12.6. The fourth-order valence-electron chi connectivity index (χ4n) is 1.85. The van der Waals surface area contributed by atoms with Crippen molar-refractivity contribution in [2.24, 2.45) is 0 Å². The summed E-state index contributed by atoms with van der Waals surface area (Å²) in [6, 6.07) is 3.95. The summed E-state index contributed by atoms with van der Waals surface area (Å²) in [5.41, 5.74) is 7.02. The maximum atomic E-state index is 5.72. The fraction of sp³-hybridized carbons (Fsp3) is 0.231. The third kappa shape index (κ3) is 3.00. The van der Waals surface area contributed by atoms with E-state index in [1.54, 1.807) is 34.5 Å². The van der Waals surface area contributed by atoms with E-state index in [0.29, 0.717) is 18.4 Å². The summed E-state index contributed by atoms with van der Waals surface area (Å²) in [5, 5.41) is 7.26. The van der Waals surface area contributed by atoms with Crippen LogP contribution in [0.15, 0.2) is 24.5 Å². The normalized spacial score (nSPS) is 10.8. The Hall–Kier alpha value is -2.48. The minimum Gasteiger partial charge on any atom is -0.368 e. The van der Waals surface area contributed by atoms with Crippen molar-refractivity contribution in [3.63, 3.8) is 0 Å². The van der Waals surface area contributed by atoms with Gasteiger partial charge < -0.3 is 11.1 Å². The number of anilines is 2. The Morgan fingerprint density at radius 2 is 2.14 bits per heavy atom. The van der Waals surface area contributed by atoms with Gasteiger partial charge in [-0.15, -0.1) is 11.3 Å². The van der Waals surface area contributed by atoms with Gasteiger partial charge in [0.05, 0.1) is 6.54 Å². The van der Waals surface area contributed by atoms with E-state index in [2.05, 4.69) is 45.3 Å². The SMILES string of the molecule is Cc1cc(CNc2nc(N)nc(-n3cccn3)n2)sc1C. The topological polar surface area (TPSA) is 94.5 Å². The molecule has 0 atom stereocenters. The lowest BCUT2D eigenvalue weighted by Crippen LogP contribution is -2.11. The monoisotopic (exact) mass is 301 g/mol. The van der Waals surface area contributed by atoms with E-state index in [-0.39, 0.29) is 5.95 Å². The van der Waals surface area contributed by atoms with Crippen molar-refractivity contribution in [1.82, 2.24) is 24.7 Å². The summed E-state index contributed by atoms with van der Waals surface area (Å²) in [4.78, 5) is 15.0. The van der Waals surface area contributed by atoms with Crippen LogP contribution in [-0.4, -0.2) is 24.7 Å². The van der Waals surface area contributed by atoms with Crippen LogP contribution in [0.25, 0.3) is 5.95 Å². The van der Waals surface area contributed by atoms with E-state index in [1.807, 2.05) is 0 Å². The van der Waals surface area contributed by atoms with Gasteiger partial charge in [-0.3, -0.25) is 0 Å². The van der Waals surface area contributed by atoms with Gasteiger partial charge in [0.1, 0.15) is 0 Å². The first-order chi connectivity index (χ1) is 10.1. The summed E-state index contributed by atoms with van der Waals surface area (Å²) in [6.07, 6.45) is 3.41. The number of hydrogen-bond acceptors (Lipinski definition) is 7. The highest BCUT2D eigenvalue weighted by Gasteiger charge is 2.07. The van der Waals surface area contributed by atoms with Crippen molar-refractivity contribution in [2.45, 2.75) is 20.4 Å². The largest absolute Gasteiger partial charge is 0.368 e. The van der Waals surface area contributed by atoms with Crippen LogP contribution in [0, 0.1) is 13.8 Å². The Bertz CT molecular complexity index is 728. The van der Waals surface area contributed by atoms with Crippen LogP contribution < -0.4 is 11.1 Å². The molecule has 0 fully saturated rings. The van der Waals surface area contributed by atoms with E-state index in [4.69, 9.17) is 5.73 Å². The van der Waals surface area contributed by atoms with Crippen LogP contribution in [0.1, 0.15) is 15.3 Å². The van der Waals surface area contributed by atoms with Crippen molar-refractivity contribution in [3.05, 3.63) is 39.8 Å². The van der Waals surface area contributed by atoms with Gasteiger partial charge in [-0.05, 0) is 31.5 Å². The quantitative estimate of drug-likeness (QED) is 0.764. The minimum atomic E-state index is 0.163. The lowest BCUT2D eigenvalue weighted by Gasteiger charge is -2.06. The van der Waals surface area contributed by atoms with Gasteiger partial charge in [0.2, 0.25) is 11.9 Å². The average molecular weight is 301 g/mol. The molecule has 3 heterocycles. The van der Waals surface area contributed by atoms with Gasteiger partial charge in [-0.2, -0.15) is 20.1 Å². The van der Waals surface area contributed by atoms with Gasteiger partial charge in [0.15, 0.2) is 0 Å². The molecule has 0 radical (unpaired) electrons. The molecule has 108 valence electrons. The molecule has 3 aromatic rings. The van der Waals surface area contributed by atoms with Crippen LogP contribution in [0.2, 0.25) is 0 Å². The third-order valence-corrected chi connectivity index (χ3v) is 4.14. The first-order valence-electron chi connectivity index (χ1n) is 6.43. The molecule has 0 aromatic carbocycles. The number of nitrogen functional groups attached to an aromatic ring is 1. The number of nitrogens with zero attached hydrogens (tertiary/aromatic N) is 5. The zero-order valence-electron chi connectivity index (χ0n) is 11.7. The molecule has 0 bridgehead atoms. The fourth-order valence-corrected chi connectivity index (χ4v) is 2.85. The van der Waals surface area contributed by atoms with Crippen LogP contribution in [0.5, 0.6) is 0 Å². The number of rotatable bonds is 4. The van der Waals surface area contributed by atoms with Gasteiger partial charge in [-0.25, -0.2) is 4.68 Å². The molecule has 0 amide bonds. The molecule has 21 heavy (non-hydrogen) atoms. The number of hydrogen-bond donors (Lipinski definition) is 2. The number of thiophene rings is 1. The van der Waals surface area contributed by atoms with Gasteiger partial charge >= 0.3 is 0 Å². The smallest absolute Gasteiger partial charge is 0.257 e. The molecule has 3 N–H and O–H groups in total. The average Bonchev–Trinajstić information content (AvgIpc) is 3.07. The summed E-state index contributed by atoms with van der Waals surface area (Å²) in [5.74, 6) is 1.00. The summed E-state index contributed by atoms with van der Waals surface area (Å²) < 4.78 is 1.54. The first-order valence-corrected chi connectivity index (χ1v) is 7.25. The molecule has 0 unspecified atom stereocenters. The molecular weight excluding hydrogens is 286 g/mol. The minimum absolute atomic E-state index is 0.163. The van der Waals surface area contributed by atoms with Gasteiger partial charge in [0, 0.05) is 22.1 Å². The molecular formula is C13H15N7S. The van der Waals surface area contributed by atoms with E-state index in [1.165, 1.54) is 15.3 Å². The maximum Gasteiger partial charge on any atom is 0.257 e. The second-order valence-electron chi connectivity index (χ2n) is 4.57. The maximum absolute atomic E-state index is 5.72. The molecule has 3 rings (SSSR count). The molecule has 0 saturated carbocycles. The predicted octanol–water partition coefficient (Wildman–Crippen LogP) is 1.93. The molecule has 7 nitrogen and oxygen atoms in total. The van der Waals surface area contributed by atoms with Crippen molar-refractivity contribution < 1.29 is 0 Å². The molecule has 0 aliphatic carbocycles. The third-order valence-electron chi connectivity index (χ3n) is 2.99. The van der Waals surface area contributed by atoms with Gasteiger partial charge in [0.25, 0.3) is 5.95 Å². The Balaban J connectivity index is 1.79. The molecule has 0 aliphatic heterocycles. The van der Waals surface area contributed by atoms with E-state index in [0.717, 1.165) is 0 Å². The Morgan fingerprint density at radius 3 is 2.81 bits per heavy atom. The summed E-state index contributed by atoms with van der Waals surface area (Å²) in [7, 11) is 0. The number of aromatic nitrogens is 5. The second-order valence-corrected chi connectivity index (χ2v) is 5.91. The lowest BCUT2D eigenvalue weighted by atomic mass is 10.3. The zero-order chi connectivity index (χ0) is 14.8. The van der Waals surface area contributed by atoms with Crippen LogP contribution >= 0.6 is 11.3 Å². The highest BCUT2D eigenvalue weighted by atomic mass is 32.1. The second kappa shape index (κ2) is 5.49. The number of aryl methyl sites for hydroxylation is 2. The molecule has 0 aliphatic rings. The molecule has 0 spiro atoms. The van der Waals surface area contributed by atoms with E-state index < -0.39 is 0 Å². The first kappa shape index (κ1) is 13.5. The van der Waals surface area contributed by atoms with Crippen molar-refractivity contribution in [3.8, 4) is 5.95 Å². The van der Waals surface area contributed by atoms with Crippen LogP contribution in [-0.2, 0) is 6.54 Å². The van der Waals surface area contributed by atoms with Crippen molar-refractivity contribution in [1.29, 1.82) is 0 Å². The Morgan fingerprint density at radius 1 is 1.29 bits per heavy atom. The Labute approximate surface area is 125 Å². The summed E-state index contributed by atoms with van der Waals surface area (Å²) in [6.45, 7) is 4.87. The van der Waals surface area contributed by atoms with Crippen LogP contribution in [0.3, 0.4) is 0 Å². The summed E-state index contributed by atoms with van der Waals surface area (Å²) >= 11 is 1.76. The van der Waals surface area contributed by atoms with Crippen LogP contribution in [0.4, 0.5) is 11.9 Å².